The van der Waals surface area contributed by atoms with Gasteiger partial charge in [0, 0.05) is 19.6 Å². The fraction of sp³-hybridized carbons (Fsp3) is 0.308. The molecule has 1 amide bonds. The van der Waals surface area contributed by atoms with E-state index < -0.39 is 0 Å². The van der Waals surface area contributed by atoms with Gasteiger partial charge in [0.15, 0.2) is 10.7 Å². The average molecular weight is 476 g/mol. The fourth-order valence-electron chi connectivity index (χ4n) is 3.80. The summed E-state index contributed by atoms with van der Waals surface area (Å²) in [4.78, 5) is 30.8. The quantitative estimate of drug-likeness (QED) is 0.293. The van der Waals surface area contributed by atoms with Crippen molar-refractivity contribution in [2.75, 3.05) is 5.75 Å². The summed E-state index contributed by atoms with van der Waals surface area (Å²) in [5.74, 6) is 0.0753. The Hall–Kier alpha value is -3.39. The van der Waals surface area contributed by atoms with Gasteiger partial charge in [-0.15, -0.1) is 0 Å². The van der Waals surface area contributed by atoms with Gasteiger partial charge in [-0.2, -0.15) is 5.10 Å². The molecule has 0 bridgehead atoms. The van der Waals surface area contributed by atoms with E-state index in [1.165, 1.54) is 17.3 Å². The van der Waals surface area contributed by atoms with Crippen LogP contribution in [0.2, 0.25) is 0 Å². The Morgan fingerprint density at radius 1 is 1.03 bits per heavy atom. The summed E-state index contributed by atoms with van der Waals surface area (Å²) in [6.45, 7) is 7.39. The number of carbonyl (C=O) groups is 1. The van der Waals surface area contributed by atoms with Crippen molar-refractivity contribution in [3.05, 3.63) is 87.3 Å². The number of fused-ring (bicyclic) bond motifs is 1. The molecule has 0 unspecified atom stereocenters. The molecule has 176 valence electrons. The molecule has 2 aromatic heterocycles. The van der Waals surface area contributed by atoms with Crippen LogP contribution in [-0.4, -0.2) is 31.0 Å². The van der Waals surface area contributed by atoms with E-state index in [9.17, 15) is 9.59 Å². The van der Waals surface area contributed by atoms with Crippen molar-refractivity contribution >= 4 is 28.7 Å². The summed E-state index contributed by atoms with van der Waals surface area (Å²) in [6, 6.07) is 18.1. The Morgan fingerprint density at radius 3 is 2.47 bits per heavy atom. The van der Waals surface area contributed by atoms with Crippen LogP contribution >= 0.6 is 11.8 Å². The normalized spacial score (nSPS) is 11.1. The van der Waals surface area contributed by atoms with Gasteiger partial charge in [0.05, 0.1) is 11.4 Å². The lowest BCUT2D eigenvalue weighted by molar-refractivity contribution is -0.118. The van der Waals surface area contributed by atoms with Gasteiger partial charge in [-0.1, -0.05) is 71.9 Å². The Labute approximate surface area is 203 Å². The van der Waals surface area contributed by atoms with E-state index in [0.29, 0.717) is 42.2 Å². The van der Waals surface area contributed by atoms with Crippen LogP contribution in [0.3, 0.4) is 0 Å². The molecule has 1 N–H and O–H groups in total. The number of thioether (sulfide) groups is 1. The largest absolute Gasteiger partial charge is 0.351 e. The number of hydrogen-bond acceptors (Lipinski definition) is 5. The Kier molecular flexibility index (Phi) is 7.47. The highest BCUT2D eigenvalue weighted by molar-refractivity contribution is 7.99. The van der Waals surface area contributed by atoms with Crippen LogP contribution in [-0.2, 0) is 30.8 Å². The SMILES string of the molecule is CCn1nc(C)c2nc(SCC(=O)NCc3ccc(C)cc3)n(CCc3ccccc3)c(=O)c21. The molecule has 4 aromatic rings. The van der Waals surface area contributed by atoms with E-state index >= 15 is 0 Å². The minimum atomic E-state index is -0.119. The second kappa shape index (κ2) is 10.7. The van der Waals surface area contributed by atoms with E-state index in [2.05, 4.69) is 10.4 Å². The lowest BCUT2D eigenvalue weighted by Crippen LogP contribution is -2.28. The third-order valence-corrected chi connectivity index (χ3v) is 6.67. The van der Waals surface area contributed by atoms with Gasteiger partial charge in [-0.05, 0) is 38.3 Å². The fourth-order valence-corrected chi connectivity index (χ4v) is 4.65. The van der Waals surface area contributed by atoms with Crippen LogP contribution in [0.5, 0.6) is 0 Å². The second-order valence-electron chi connectivity index (χ2n) is 8.24. The molecule has 0 fully saturated rings. The zero-order valence-electron chi connectivity index (χ0n) is 19.7. The summed E-state index contributed by atoms with van der Waals surface area (Å²) in [7, 11) is 0. The summed E-state index contributed by atoms with van der Waals surface area (Å²) < 4.78 is 3.39. The first-order valence-electron chi connectivity index (χ1n) is 11.4. The van der Waals surface area contributed by atoms with Gasteiger partial charge < -0.3 is 5.32 Å². The van der Waals surface area contributed by atoms with Crippen molar-refractivity contribution < 1.29 is 4.79 Å². The number of nitrogens with one attached hydrogen (secondary N) is 1. The molecule has 8 heteroatoms. The van der Waals surface area contributed by atoms with Crippen LogP contribution in [0.25, 0.3) is 11.0 Å². The van der Waals surface area contributed by atoms with Crippen molar-refractivity contribution in [1.82, 2.24) is 24.6 Å². The first-order chi connectivity index (χ1) is 16.5. The van der Waals surface area contributed by atoms with E-state index in [1.807, 2.05) is 75.4 Å². The summed E-state index contributed by atoms with van der Waals surface area (Å²) in [5, 5.41) is 7.98. The summed E-state index contributed by atoms with van der Waals surface area (Å²) >= 11 is 1.29. The first kappa shape index (κ1) is 23.8. The monoisotopic (exact) mass is 475 g/mol. The highest BCUT2D eigenvalue weighted by atomic mass is 32.2. The third kappa shape index (κ3) is 5.39. The van der Waals surface area contributed by atoms with E-state index in [0.717, 1.165) is 16.8 Å². The number of nitrogens with zero attached hydrogens (tertiary/aromatic N) is 4. The lowest BCUT2D eigenvalue weighted by atomic mass is 10.1. The van der Waals surface area contributed by atoms with Crippen LogP contribution in [0.15, 0.2) is 64.5 Å². The lowest BCUT2D eigenvalue weighted by Gasteiger charge is -2.13. The minimum absolute atomic E-state index is 0.101. The van der Waals surface area contributed by atoms with Crippen molar-refractivity contribution in [3.8, 4) is 0 Å². The zero-order valence-corrected chi connectivity index (χ0v) is 20.6. The molecule has 0 saturated heterocycles. The van der Waals surface area contributed by atoms with Crippen LogP contribution in [0, 0.1) is 13.8 Å². The van der Waals surface area contributed by atoms with Crippen molar-refractivity contribution in [3.63, 3.8) is 0 Å². The highest BCUT2D eigenvalue weighted by Gasteiger charge is 2.19. The predicted molar refractivity (Wildman–Crippen MR) is 136 cm³/mol. The van der Waals surface area contributed by atoms with Gasteiger partial charge in [-0.3, -0.25) is 18.8 Å². The molecular formula is C26H29N5O2S. The van der Waals surface area contributed by atoms with Gasteiger partial charge in [0.1, 0.15) is 5.52 Å². The number of amides is 1. The molecule has 0 radical (unpaired) electrons. The summed E-state index contributed by atoms with van der Waals surface area (Å²) in [5.41, 5.74) is 5.09. The second-order valence-corrected chi connectivity index (χ2v) is 9.18. The van der Waals surface area contributed by atoms with Gasteiger partial charge in [0.2, 0.25) is 5.91 Å². The molecule has 0 aliphatic carbocycles. The third-order valence-electron chi connectivity index (χ3n) is 5.69. The van der Waals surface area contributed by atoms with Crippen molar-refractivity contribution in [1.29, 1.82) is 0 Å². The number of benzene rings is 2. The van der Waals surface area contributed by atoms with E-state index in [-0.39, 0.29) is 17.2 Å². The molecule has 0 aliphatic rings. The molecule has 2 aromatic carbocycles. The maximum atomic E-state index is 13.5. The molecule has 0 saturated carbocycles. The highest BCUT2D eigenvalue weighted by Crippen LogP contribution is 2.20. The standard InChI is InChI=1S/C26H29N5O2S/c1-4-31-24-23(19(3)29-31)28-26(30(25(24)33)15-14-20-8-6-5-7-9-20)34-17-22(32)27-16-21-12-10-18(2)11-13-21/h5-13H,4,14-17H2,1-3H3,(H,27,32). The maximum Gasteiger partial charge on any atom is 0.280 e. The van der Waals surface area contributed by atoms with E-state index in [4.69, 9.17) is 4.98 Å². The van der Waals surface area contributed by atoms with Gasteiger partial charge in [0.25, 0.3) is 5.56 Å². The zero-order chi connectivity index (χ0) is 24.1. The van der Waals surface area contributed by atoms with Crippen molar-refractivity contribution in [2.24, 2.45) is 0 Å². The number of aromatic nitrogens is 4. The van der Waals surface area contributed by atoms with Gasteiger partial charge >= 0.3 is 0 Å². The minimum Gasteiger partial charge on any atom is -0.351 e. The predicted octanol–water partition coefficient (Wildman–Crippen LogP) is 3.88. The molecule has 0 atom stereocenters. The van der Waals surface area contributed by atoms with Gasteiger partial charge in [-0.25, -0.2) is 4.98 Å². The average Bonchev–Trinajstić information content (AvgIpc) is 3.18. The molecule has 0 aliphatic heterocycles. The summed E-state index contributed by atoms with van der Waals surface area (Å²) in [6.07, 6.45) is 0.695. The Balaban J connectivity index is 1.55. The molecule has 4 rings (SSSR count). The number of rotatable bonds is 9. The topological polar surface area (TPSA) is 81.8 Å². The first-order valence-corrected chi connectivity index (χ1v) is 12.4. The van der Waals surface area contributed by atoms with Crippen LogP contribution in [0.4, 0.5) is 0 Å². The molecule has 34 heavy (non-hydrogen) atoms. The molecule has 7 nitrogen and oxygen atoms in total. The number of hydrogen-bond donors (Lipinski definition) is 1. The smallest absolute Gasteiger partial charge is 0.280 e. The molecular weight excluding hydrogens is 446 g/mol. The molecule has 2 heterocycles. The number of carbonyl (C=O) groups excluding carboxylic acids is 1. The maximum absolute atomic E-state index is 13.5. The van der Waals surface area contributed by atoms with E-state index in [1.54, 1.807) is 9.25 Å². The molecule has 0 spiro atoms. The Morgan fingerprint density at radius 2 is 1.76 bits per heavy atom. The van der Waals surface area contributed by atoms with Crippen LogP contribution < -0.4 is 10.9 Å². The van der Waals surface area contributed by atoms with Crippen molar-refractivity contribution in [2.45, 2.75) is 52.0 Å². The van der Waals surface area contributed by atoms with Crippen LogP contribution in [0.1, 0.15) is 29.3 Å². The number of aryl methyl sites for hydroxylation is 4. The Bertz CT molecular complexity index is 1340.